The Morgan fingerprint density at radius 2 is 2.05 bits per heavy atom. The highest BCUT2D eigenvalue weighted by Crippen LogP contribution is 2.40. The first-order valence-corrected chi connectivity index (χ1v) is 8.24. The zero-order valence-electron chi connectivity index (χ0n) is 12.5. The van der Waals surface area contributed by atoms with Gasteiger partial charge in [-0.05, 0) is 50.5 Å². The highest BCUT2D eigenvalue weighted by molar-refractivity contribution is 5.75. The van der Waals surface area contributed by atoms with Crippen LogP contribution >= 0.6 is 0 Å². The number of nitrogens with one attached hydrogen (secondary N) is 2. The second kappa shape index (κ2) is 7.28. The largest absolute Gasteiger partial charge is 0.356 e. The van der Waals surface area contributed by atoms with Gasteiger partial charge in [-0.1, -0.05) is 26.2 Å². The van der Waals surface area contributed by atoms with Crippen LogP contribution in [0.15, 0.2) is 0 Å². The predicted octanol–water partition coefficient (Wildman–Crippen LogP) is 3.00. The van der Waals surface area contributed by atoms with E-state index in [9.17, 15) is 4.79 Å². The summed E-state index contributed by atoms with van der Waals surface area (Å²) in [6.45, 7) is 4.30. The van der Waals surface area contributed by atoms with Crippen molar-refractivity contribution in [1.29, 1.82) is 0 Å². The molecule has 3 nitrogen and oxygen atoms in total. The van der Waals surface area contributed by atoms with E-state index in [1.807, 2.05) is 0 Å². The van der Waals surface area contributed by atoms with Gasteiger partial charge in [-0.2, -0.15) is 0 Å². The quantitative estimate of drug-likeness (QED) is 0.776. The van der Waals surface area contributed by atoms with Crippen LogP contribution in [-0.4, -0.2) is 25.0 Å². The smallest absolute Gasteiger partial charge is 0.220 e. The van der Waals surface area contributed by atoms with Gasteiger partial charge in [0.1, 0.15) is 0 Å². The average Bonchev–Trinajstić information content (AvgIpc) is 2.93. The fourth-order valence-corrected chi connectivity index (χ4v) is 3.63. The van der Waals surface area contributed by atoms with Gasteiger partial charge in [-0.15, -0.1) is 0 Å². The zero-order valence-corrected chi connectivity index (χ0v) is 12.5. The number of hydrogen-bond acceptors (Lipinski definition) is 2. The highest BCUT2D eigenvalue weighted by Gasteiger charge is 2.32. The Bertz CT molecular complexity index is 278. The van der Waals surface area contributed by atoms with Gasteiger partial charge in [-0.3, -0.25) is 4.79 Å². The first-order valence-electron chi connectivity index (χ1n) is 8.24. The average molecular weight is 266 g/mol. The third-order valence-electron chi connectivity index (χ3n) is 5.21. The molecule has 2 rings (SSSR count). The maximum Gasteiger partial charge on any atom is 0.220 e. The fraction of sp³-hybridized carbons (Fsp3) is 0.938. The maximum atomic E-state index is 12.0. The lowest BCUT2D eigenvalue weighted by atomic mass is 9.83. The fourth-order valence-electron chi connectivity index (χ4n) is 3.63. The summed E-state index contributed by atoms with van der Waals surface area (Å²) in [5, 5.41) is 6.70. The second-order valence-corrected chi connectivity index (χ2v) is 6.52. The monoisotopic (exact) mass is 266 g/mol. The third kappa shape index (κ3) is 4.48. The van der Waals surface area contributed by atoms with Crippen LogP contribution in [0.2, 0.25) is 0 Å². The van der Waals surface area contributed by atoms with Crippen molar-refractivity contribution in [3.63, 3.8) is 0 Å². The Kier molecular flexibility index (Phi) is 5.68. The lowest BCUT2D eigenvalue weighted by Gasteiger charge is -2.28. The molecular weight excluding hydrogens is 236 g/mol. The maximum absolute atomic E-state index is 12.0. The molecule has 0 radical (unpaired) electrons. The molecule has 0 aromatic carbocycles. The summed E-state index contributed by atoms with van der Waals surface area (Å²) in [7, 11) is 0. The zero-order chi connectivity index (χ0) is 13.6. The molecule has 0 bridgehead atoms. The third-order valence-corrected chi connectivity index (χ3v) is 5.21. The number of carbonyl (C=O) groups is 1. The van der Waals surface area contributed by atoms with E-state index in [1.165, 1.54) is 51.4 Å². The predicted molar refractivity (Wildman–Crippen MR) is 79.1 cm³/mol. The highest BCUT2D eigenvalue weighted by atomic mass is 16.1. The minimum atomic E-state index is 0.257. The number of carbonyl (C=O) groups excluding carboxylic acids is 1. The summed E-state index contributed by atoms with van der Waals surface area (Å²) in [6.07, 6.45) is 12.0. The van der Waals surface area contributed by atoms with Gasteiger partial charge in [-0.25, -0.2) is 0 Å². The topological polar surface area (TPSA) is 41.1 Å². The molecule has 1 saturated carbocycles. The molecule has 0 aromatic rings. The Morgan fingerprint density at radius 1 is 1.26 bits per heavy atom. The molecule has 2 N–H and O–H groups in total. The molecule has 3 heteroatoms. The van der Waals surface area contributed by atoms with Gasteiger partial charge in [0.2, 0.25) is 5.91 Å². The van der Waals surface area contributed by atoms with E-state index in [4.69, 9.17) is 0 Å². The number of amides is 1. The van der Waals surface area contributed by atoms with Crippen LogP contribution in [0.5, 0.6) is 0 Å². The van der Waals surface area contributed by atoms with E-state index in [0.717, 1.165) is 19.5 Å². The van der Waals surface area contributed by atoms with Crippen molar-refractivity contribution in [3.05, 3.63) is 0 Å². The van der Waals surface area contributed by atoms with E-state index >= 15 is 0 Å². The summed E-state index contributed by atoms with van der Waals surface area (Å²) < 4.78 is 0. The number of rotatable bonds is 6. The lowest BCUT2D eigenvalue weighted by molar-refractivity contribution is -0.121. The van der Waals surface area contributed by atoms with Crippen LogP contribution < -0.4 is 10.6 Å². The molecule has 1 unspecified atom stereocenters. The van der Waals surface area contributed by atoms with Crippen LogP contribution in [0.3, 0.4) is 0 Å². The van der Waals surface area contributed by atoms with Gasteiger partial charge in [0.15, 0.2) is 0 Å². The van der Waals surface area contributed by atoms with Gasteiger partial charge < -0.3 is 10.6 Å². The number of hydrogen-bond donors (Lipinski definition) is 2. The minimum absolute atomic E-state index is 0.257. The molecule has 2 aliphatic rings. The number of piperidine rings is 1. The molecule has 1 aliphatic carbocycles. The van der Waals surface area contributed by atoms with Crippen molar-refractivity contribution in [1.82, 2.24) is 10.6 Å². The SMILES string of the molecule is CCC1(CNC(=O)CCC2CCCCN2)CCCC1. The van der Waals surface area contributed by atoms with Crippen LogP contribution in [0.4, 0.5) is 0 Å². The van der Waals surface area contributed by atoms with Gasteiger partial charge in [0, 0.05) is 19.0 Å². The summed E-state index contributed by atoms with van der Waals surface area (Å²) >= 11 is 0. The van der Waals surface area contributed by atoms with E-state index in [1.54, 1.807) is 0 Å². The summed E-state index contributed by atoms with van der Waals surface area (Å²) in [5.74, 6) is 0.257. The molecule has 1 heterocycles. The van der Waals surface area contributed by atoms with Crippen LogP contribution in [0, 0.1) is 5.41 Å². The van der Waals surface area contributed by atoms with Crippen molar-refractivity contribution in [2.75, 3.05) is 13.1 Å². The Hall–Kier alpha value is -0.570. The molecular formula is C16H30N2O. The van der Waals surface area contributed by atoms with Gasteiger partial charge >= 0.3 is 0 Å². The Morgan fingerprint density at radius 3 is 2.68 bits per heavy atom. The summed E-state index contributed by atoms with van der Waals surface area (Å²) in [4.78, 5) is 12.0. The summed E-state index contributed by atoms with van der Waals surface area (Å²) in [5.41, 5.74) is 0.415. The van der Waals surface area contributed by atoms with E-state index in [-0.39, 0.29) is 5.91 Å². The molecule has 1 aliphatic heterocycles. The molecule has 1 atom stereocenters. The molecule has 0 aromatic heterocycles. The van der Waals surface area contributed by atoms with Crippen molar-refractivity contribution in [2.45, 2.75) is 77.2 Å². The molecule has 1 saturated heterocycles. The van der Waals surface area contributed by atoms with Crippen molar-refractivity contribution in [3.8, 4) is 0 Å². The van der Waals surface area contributed by atoms with Crippen molar-refractivity contribution in [2.24, 2.45) is 5.41 Å². The van der Waals surface area contributed by atoms with Gasteiger partial charge in [0.05, 0.1) is 0 Å². The van der Waals surface area contributed by atoms with Crippen LogP contribution in [0.1, 0.15) is 71.1 Å². The standard InChI is InChI=1S/C16H30N2O/c1-2-16(10-4-5-11-16)13-18-15(19)9-8-14-7-3-6-12-17-14/h14,17H,2-13H2,1H3,(H,18,19). The van der Waals surface area contributed by atoms with Crippen molar-refractivity contribution < 1.29 is 4.79 Å². The molecule has 110 valence electrons. The second-order valence-electron chi connectivity index (χ2n) is 6.52. The molecule has 2 fully saturated rings. The van der Waals surface area contributed by atoms with Crippen molar-refractivity contribution >= 4 is 5.91 Å². The first kappa shape index (κ1) is 14.8. The first-order chi connectivity index (χ1) is 9.24. The van der Waals surface area contributed by atoms with E-state index in [0.29, 0.717) is 17.9 Å². The normalized spacial score (nSPS) is 26.3. The van der Waals surface area contributed by atoms with Crippen LogP contribution in [-0.2, 0) is 4.79 Å². The summed E-state index contributed by atoms with van der Waals surface area (Å²) in [6, 6.07) is 0.575. The lowest BCUT2D eigenvalue weighted by Crippen LogP contribution is -2.38. The van der Waals surface area contributed by atoms with E-state index in [2.05, 4.69) is 17.6 Å². The minimum Gasteiger partial charge on any atom is -0.356 e. The van der Waals surface area contributed by atoms with E-state index < -0.39 is 0 Å². The molecule has 1 amide bonds. The molecule has 19 heavy (non-hydrogen) atoms. The van der Waals surface area contributed by atoms with Crippen LogP contribution in [0.25, 0.3) is 0 Å². The Balaban J connectivity index is 1.63. The molecule has 0 spiro atoms. The Labute approximate surface area is 117 Å². The van der Waals surface area contributed by atoms with Gasteiger partial charge in [0.25, 0.3) is 0 Å².